The van der Waals surface area contributed by atoms with Gasteiger partial charge >= 0.3 is 5.92 Å². The summed E-state index contributed by atoms with van der Waals surface area (Å²) in [6.07, 6.45) is 1.79. The Balaban J connectivity index is 2.13. The summed E-state index contributed by atoms with van der Waals surface area (Å²) in [4.78, 5) is 16.4. The molecule has 0 aliphatic carbocycles. The van der Waals surface area contributed by atoms with E-state index in [9.17, 15) is 13.6 Å². The van der Waals surface area contributed by atoms with Crippen molar-refractivity contribution in [2.75, 3.05) is 19.7 Å². The molecular formula is C12H14F2N2O2. The van der Waals surface area contributed by atoms with E-state index < -0.39 is 17.5 Å². The van der Waals surface area contributed by atoms with E-state index >= 15 is 0 Å². The number of halogens is 2. The van der Waals surface area contributed by atoms with Crippen molar-refractivity contribution in [3.63, 3.8) is 0 Å². The van der Waals surface area contributed by atoms with Crippen molar-refractivity contribution in [2.45, 2.75) is 12.3 Å². The number of carbonyl (C=O) groups excluding carboxylic acids is 1. The molecule has 4 nitrogen and oxygen atoms in total. The minimum atomic E-state index is -3.61. The zero-order valence-electron chi connectivity index (χ0n) is 9.72. The summed E-state index contributed by atoms with van der Waals surface area (Å²) in [7, 11) is 0. The topological polar surface area (TPSA) is 53.4 Å². The Bertz CT molecular complexity index is 425. The first-order valence-corrected chi connectivity index (χ1v) is 5.75. The van der Waals surface area contributed by atoms with E-state index in [1.807, 2.05) is 0 Å². The standard InChI is InChI=1S/C12H14F2N2O2/c13-12(14,10-3-1-2-5-15-10)11(18)16-6-4-9(7-16)8-17/h1-3,5,9,17H,4,6-8H2. The van der Waals surface area contributed by atoms with Gasteiger partial charge in [0, 0.05) is 31.8 Å². The van der Waals surface area contributed by atoms with Crippen LogP contribution in [0.1, 0.15) is 12.1 Å². The van der Waals surface area contributed by atoms with Gasteiger partial charge in [0.2, 0.25) is 0 Å². The summed E-state index contributed by atoms with van der Waals surface area (Å²) >= 11 is 0. The highest BCUT2D eigenvalue weighted by Crippen LogP contribution is 2.30. The second kappa shape index (κ2) is 4.97. The number of amides is 1. The van der Waals surface area contributed by atoms with Gasteiger partial charge in [-0.1, -0.05) is 6.07 Å². The van der Waals surface area contributed by atoms with E-state index in [0.717, 1.165) is 11.0 Å². The highest BCUT2D eigenvalue weighted by Gasteiger charge is 2.46. The summed E-state index contributed by atoms with van der Waals surface area (Å²) < 4.78 is 27.8. The summed E-state index contributed by atoms with van der Waals surface area (Å²) in [5.41, 5.74) is -0.539. The fourth-order valence-corrected chi connectivity index (χ4v) is 2.02. The van der Waals surface area contributed by atoms with Gasteiger partial charge in [0.1, 0.15) is 5.69 Å². The van der Waals surface area contributed by atoms with Gasteiger partial charge in [-0.15, -0.1) is 0 Å². The number of aliphatic hydroxyl groups is 1. The van der Waals surface area contributed by atoms with Crippen LogP contribution in [-0.4, -0.2) is 40.6 Å². The summed E-state index contributed by atoms with van der Waals surface area (Å²) in [5, 5.41) is 8.95. The third kappa shape index (κ3) is 2.33. The molecule has 1 aromatic heterocycles. The normalized spacial score (nSPS) is 20.2. The molecule has 1 fully saturated rings. The van der Waals surface area contributed by atoms with Crippen molar-refractivity contribution in [3.8, 4) is 0 Å². The fourth-order valence-electron chi connectivity index (χ4n) is 2.02. The number of aromatic nitrogens is 1. The largest absolute Gasteiger partial charge is 0.396 e. The molecule has 1 atom stereocenters. The van der Waals surface area contributed by atoms with Crippen molar-refractivity contribution in [1.82, 2.24) is 9.88 Å². The Morgan fingerprint density at radius 1 is 1.56 bits per heavy atom. The van der Waals surface area contributed by atoms with E-state index in [-0.39, 0.29) is 25.6 Å². The molecule has 0 radical (unpaired) electrons. The van der Waals surface area contributed by atoms with Crippen LogP contribution in [0, 0.1) is 5.92 Å². The van der Waals surface area contributed by atoms with Crippen LogP contribution in [0.5, 0.6) is 0 Å². The number of likely N-dealkylation sites (tertiary alicyclic amines) is 1. The SMILES string of the molecule is O=C(N1CCC(CO)C1)C(F)(F)c1ccccn1. The van der Waals surface area contributed by atoms with Gasteiger partial charge in [-0.05, 0) is 18.6 Å². The molecule has 1 N–H and O–H groups in total. The van der Waals surface area contributed by atoms with Crippen LogP contribution >= 0.6 is 0 Å². The number of nitrogens with zero attached hydrogens (tertiary/aromatic N) is 2. The zero-order chi connectivity index (χ0) is 13.2. The molecule has 98 valence electrons. The maximum atomic E-state index is 13.9. The minimum Gasteiger partial charge on any atom is -0.396 e. The van der Waals surface area contributed by atoms with Crippen molar-refractivity contribution in [1.29, 1.82) is 0 Å². The number of hydrogen-bond acceptors (Lipinski definition) is 3. The molecular weight excluding hydrogens is 242 g/mol. The third-order valence-corrected chi connectivity index (χ3v) is 3.09. The summed E-state index contributed by atoms with van der Waals surface area (Å²) in [6, 6.07) is 4.07. The first kappa shape index (κ1) is 12.9. The predicted molar refractivity (Wildman–Crippen MR) is 59.9 cm³/mol. The van der Waals surface area contributed by atoms with Gasteiger partial charge in [-0.2, -0.15) is 8.78 Å². The molecule has 1 aromatic rings. The molecule has 0 aromatic carbocycles. The van der Waals surface area contributed by atoms with E-state index in [0.29, 0.717) is 6.42 Å². The number of alkyl halides is 2. The van der Waals surface area contributed by atoms with Crippen LogP contribution in [0.3, 0.4) is 0 Å². The molecule has 2 heterocycles. The van der Waals surface area contributed by atoms with Gasteiger partial charge < -0.3 is 10.0 Å². The molecule has 1 unspecified atom stereocenters. The molecule has 0 spiro atoms. The Morgan fingerprint density at radius 2 is 2.33 bits per heavy atom. The van der Waals surface area contributed by atoms with Gasteiger partial charge in [-0.25, -0.2) is 0 Å². The summed E-state index contributed by atoms with van der Waals surface area (Å²) in [6.45, 7) is 0.350. The highest BCUT2D eigenvalue weighted by atomic mass is 19.3. The molecule has 1 aliphatic heterocycles. The van der Waals surface area contributed by atoms with Crippen LogP contribution < -0.4 is 0 Å². The fraction of sp³-hybridized carbons (Fsp3) is 0.500. The second-order valence-corrected chi connectivity index (χ2v) is 4.38. The second-order valence-electron chi connectivity index (χ2n) is 4.38. The summed E-state index contributed by atoms with van der Waals surface area (Å²) in [5.74, 6) is -4.95. The molecule has 6 heteroatoms. The lowest BCUT2D eigenvalue weighted by molar-refractivity contribution is -0.158. The van der Waals surface area contributed by atoms with Crippen LogP contribution in [0.2, 0.25) is 0 Å². The molecule has 1 saturated heterocycles. The third-order valence-electron chi connectivity index (χ3n) is 3.09. The maximum absolute atomic E-state index is 13.9. The van der Waals surface area contributed by atoms with Gasteiger partial charge in [-0.3, -0.25) is 9.78 Å². The van der Waals surface area contributed by atoms with E-state index in [1.165, 1.54) is 18.3 Å². The average molecular weight is 256 g/mol. The Kier molecular flexibility index (Phi) is 3.56. The highest BCUT2D eigenvalue weighted by molar-refractivity contribution is 5.84. The predicted octanol–water partition coefficient (Wildman–Crippen LogP) is 1.01. The monoisotopic (exact) mass is 256 g/mol. The number of hydrogen-bond donors (Lipinski definition) is 1. The number of aliphatic hydroxyl groups excluding tert-OH is 1. The minimum absolute atomic E-state index is 0.0844. The first-order valence-electron chi connectivity index (χ1n) is 5.75. The van der Waals surface area contributed by atoms with E-state index in [1.54, 1.807) is 0 Å². The quantitative estimate of drug-likeness (QED) is 0.878. The lowest BCUT2D eigenvalue weighted by Gasteiger charge is -2.22. The van der Waals surface area contributed by atoms with Crippen molar-refractivity contribution < 1.29 is 18.7 Å². The van der Waals surface area contributed by atoms with Crippen LogP contribution in [-0.2, 0) is 10.7 Å². The molecule has 2 rings (SSSR count). The van der Waals surface area contributed by atoms with Crippen LogP contribution in [0.15, 0.2) is 24.4 Å². The zero-order valence-corrected chi connectivity index (χ0v) is 9.72. The molecule has 1 aliphatic rings. The van der Waals surface area contributed by atoms with Gasteiger partial charge in [0.25, 0.3) is 5.91 Å². The smallest absolute Gasteiger partial charge is 0.366 e. The van der Waals surface area contributed by atoms with Crippen molar-refractivity contribution in [3.05, 3.63) is 30.1 Å². The van der Waals surface area contributed by atoms with Gasteiger partial charge in [0.15, 0.2) is 0 Å². The molecule has 0 saturated carbocycles. The first-order chi connectivity index (χ1) is 8.55. The average Bonchev–Trinajstić information content (AvgIpc) is 2.87. The van der Waals surface area contributed by atoms with Crippen LogP contribution in [0.25, 0.3) is 0 Å². The molecule has 1 amide bonds. The number of carbonyl (C=O) groups is 1. The van der Waals surface area contributed by atoms with E-state index in [2.05, 4.69) is 4.98 Å². The van der Waals surface area contributed by atoms with Crippen molar-refractivity contribution in [2.24, 2.45) is 5.92 Å². The Hall–Kier alpha value is -1.56. The lowest BCUT2D eigenvalue weighted by atomic mass is 10.1. The lowest BCUT2D eigenvalue weighted by Crippen LogP contribution is -2.41. The van der Waals surface area contributed by atoms with Crippen LogP contribution in [0.4, 0.5) is 8.78 Å². The Labute approximate surface area is 103 Å². The molecule has 18 heavy (non-hydrogen) atoms. The van der Waals surface area contributed by atoms with Crippen molar-refractivity contribution >= 4 is 5.91 Å². The van der Waals surface area contributed by atoms with Gasteiger partial charge in [0.05, 0.1) is 0 Å². The Morgan fingerprint density at radius 3 is 2.89 bits per heavy atom. The molecule has 0 bridgehead atoms. The van der Waals surface area contributed by atoms with E-state index in [4.69, 9.17) is 5.11 Å². The maximum Gasteiger partial charge on any atom is 0.366 e. The number of rotatable bonds is 3. The number of pyridine rings is 1.